The van der Waals surface area contributed by atoms with E-state index in [4.69, 9.17) is 9.47 Å². The first-order valence-electron chi connectivity index (χ1n) is 11.1. The molecule has 1 fully saturated rings. The van der Waals surface area contributed by atoms with E-state index in [1.807, 2.05) is 29.2 Å². The molecule has 10 heteroatoms. The summed E-state index contributed by atoms with van der Waals surface area (Å²) in [5.74, 6) is 0.967. The van der Waals surface area contributed by atoms with E-state index >= 15 is 0 Å². The average molecular weight is 471 g/mol. The maximum absolute atomic E-state index is 12.6. The largest absolute Gasteiger partial charge is 0.497 e. The molecule has 3 rings (SSSR count). The standard InChI is InChI=1S/C24H30N4O6/c1-33-19-6-3-18(4-7-19)5-10-24(30)27-15-13-26(14-16-27)12-11-23(29)25-21-9-8-20(34-2)17-22(21)28(31)32/h3-4,6-9,17H,5,10-16H2,1-2H3,(H,25,29). The van der Waals surface area contributed by atoms with Crippen molar-refractivity contribution in [3.8, 4) is 11.5 Å². The Kier molecular flexibility index (Phi) is 8.80. The van der Waals surface area contributed by atoms with Gasteiger partial charge in [-0.1, -0.05) is 12.1 Å². The lowest BCUT2D eigenvalue weighted by Crippen LogP contribution is -2.49. The Balaban J connectivity index is 1.40. The molecule has 0 aromatic heterocycles. The number of hydrogen-bond donors (Lipinski definition) is 1. The van der Waals surface area contributed by atoms with E-state index in [9.17, 15) is 19.7 Å². The number of carbonyl (C=O) groups excluding carboxylic acids is 2. The van der Waals surface area contributed by atoms with E-state index in [0.717, 1.165) is 11.3 Å². The van der Waals surface area contributed by atoms with E-state index < -0.39 is 4.92 Å². The molecule has 0 aliphatic carbocycles. The first kappa shape index (κ1) is 25.0. The van der Waals surface area contributed by atoms with Crippen molar-refractivity contribution in [1.82, 2.24) is 9.80 Å². The van der Waals surface area contributed by atoms with Crippen molar-refractivity contribution in [2.45, 2.75) is 19.3 Å². The first-order valence-corrected chi connectivity index (χ1v) is 11.1. The number of benzene rings is 2. The van der Waals surface area contributed by atoms with Gasteiger partial charge in [-0.3, -0.25) is 24.6 Å². The summed E-state index contributed by atoms with van der Waals surface area (Å²) in [7, 11) is 3.04. The monoisotopic (exact) mass is 470 g/mol. The summed E-state index contributed by atoms with van der Waals surface area (Å²) in [6, 6.07) is 12.0. The van der Waals surface area contributed by atoms with E-state index in [1.165, 1.54) is 19.2 Å². The second kappa shape index (κ2) is 12.0. The van der Waals surface area contributed by atoms with Crippen molar-refractivity contribution < 1.29 is 24.0 Å². The third-order valence-electron chi connectivity index (χ3n) is 5.84. The topological polar surface area (TPSA) is 114 Å². The minimum Gasteiger partial charge on any atom is -0.497 e. The number of methoxy groups -OCH3 is 2. The smallest absolute Gasteiger partial charge is 0.296 e. The molecule has 1 N–H and O–H groups in total. The highest BCUT2D eigenvalue weighted by molar-refractivity contribution is 5.93. The fraction of sp³-hybridized carbons (Fsp3) is 0.417. The number of nitro benzene ring substituents is 1. The van der Waals surface area contributed by atoms with E-state index in [-0.39, 0.29) is 29.6 Å². The van der Waals surface area contributed by atoms with Crippen LogP contribution in [-0.2, 0) is 16.0 Å². The van der Waals surface area contributed by atoms with Crippen LogP contribution in [-0.4, -0.2) is 73.5 Å². The molecule has 0 unspecified atom stereocenters. The van der Waals surface area contributed by atoms with E-state index in [2.05, 4.69) is 10.2 Å². The van der Waals surface area contributed by atoms with Gasteiger partial charge in [0.1, 0.15) is 17.2 Å². The van der Waals surface area contributed by atoms with Crippen molar-refractivity contribution in [3.63, 3.8) is 0 Å². The summed E-state index contributed by atoms with van der Waals surface area (Å²) in [6.45, 7) is 3.12. The molecule has 1 saturated heterocycles. The molecule has 0 atom stereocenters. The number of anilines is 1. The van der Waals surface area contributed by atoms with Gasteiger partial charge >= 0.3 is 0 Å². The van der Waals surface area contributed by atoms with Crippen LogP contribution in [0.4, 0.5) is 11.4 Å². The molecule has 0 radical (unpaired) electrons. The van der Waals surface area contributed by atoms with Crippen LogP contribution in [0.5, 0.6) is 11.5 Å². The summed E-state index contributed by atoms with van der Waals surface area (Å²) in [6.07, 6.45) is 1.34. The molecule has 182 valence electrons. The summed E-state index contributed by atoms with van der Waals surface area (Å²) in [5.41, 5.74) is 1.02. The summed E-state index contributed by atoms with van der Waals surface area (Å²) < 4.78 is 10.2. The third kappa shape index (κ3) is 6.92. The lowest BCUT2D eigenvalue weighted by atomic mass is 10.1. The van der Waals surface area contributed by atoms with Gasteiger partial charge in [0.25, 0.3) is 5.69 Å². The Morgan fingerprint density at radius 3 is 2.24 bits per heavy atom. The molecule has 2 aromatic carbocycles. The molecule has 1 aliphatic heterocycles. The van der Waals surface area contributed by atoms with E-state index in [1.54, 1.807) is 13.2 Å². The van der Waals surface area contributed by atoms with Gasteiger partial charge in [-0.15, -0.1) is 0 Å². The average Bonchev–Trinajstić information content (AvgIpc) is 2.86. The molecule has 0 spiro atoms. The molecule has 2 aromatic rings. The molecular formula is C24H30N4O6. The van der Waals surface area contributed by atoms with Gasteiger partial charge < -0.3 is 19.7 Å². The van der Waals surface area contributed by atoms with Gasteiger partial charge in [0, 0.05) is 45.6 Å². The highest BCUT2D eigenvalue weighted by Crippen LogP contribution is 2.29. The molecule has 2 amide bonds. The van der Waals surface area contributed by atoms with Gasteiger partial charge in [-0.25, -0.2) is 0 Å². The number of carbonyl (C=O) groups is 2. The molecule has 1 aliphatic rings. The van der Waals surface area contributed by atoms with Gasteiger partial charge in [0.05, 0.1) is 25.2 Å². The van der Waals surface area contributed by atoms with Crippen molar-refractivity contribution in [1.29, 1.82) is 0 Å². The Morgan fingerprint density at radius 2 is 1.62 bits per heavy atom. The molecule has 34 heavy (non-hydrogen) atoms. The maximum Gasteiger partial charge on any atom is 0.296 e. The molecular weight excluding hydrogens is 440 g/mol. The van der Waals surface area contributed by atoms with Crippen molar-refractivity contribution in [2.75, 3.05) is 52.3 Å². The number of piperazine rings is 1. The maximum atomic E-state index is 12.6. The number of nitrogens with zero attached hydrogens (tertiary/aromatic N) is 3. The first-order chi connectivity index (χ1) is 16.4. The fourth-order valence-electron chi connectivity index (χ4n) is 3.79. The lowest BCUT2D eigenvalue weighted by Gasteiger charge is -2.34. The van der Waals surface area contributed by atoms with Crippen molar-refractivity contribution >= 4 is 23.2 Å². The molecule has 10 nitrogen and oxygen atoms in total. The van der Waals surface area contributed by atoms with Crippen LogP contribution in [0.1, 0.15) is 18.4 Å². The number of rotatable bonds is 10. The highest BCUT2D eigenvalue weighted by atomic mass is 16.6. The van der Waals surface area contributed by atoms with Gasteiger partial charge in [-0.2, -0.15) is 0 Å². The summed E-state index contributed by atoms with van der Waals surface area (Å²) in [5, 5.41) is 13.9. The lowest BCUT2D eigenvalue weighted by molar-refractivity contribution is -0.384. The molecule has 0 saturated carbocycles. The van der Waals surface area contributed by atoms with Crippen LogP contribution >= 0.6 is 0 Å². The number of hydrogen-bond acceptors (Lipinski definition) is 7. The molecule has 1 heterocycles. The SMILES string of the molecule is COc1ccc(CCC(=O)N2CCN(CCC(=O)Nc3ccc(OC)cc3[N+](=O)[O-])CC2)cc1. The minimum absolute atomic E-state index is 0.125. The third-order valence-corrected chi connectivity index (χ3v) is 5.84. The quantitative estimate of drug-likeness (QED) is 0.419. The van der Waals surface area contributed by atoms with Gasteiger partial charge in [0.2, 0.25) is 11.8 Å². The van der Waals surface area contributed by atoms with Gasteiger partial charge in [-0.05, 0) is 36.2 Å². The Bertz CT molecular complexity index is 1000. The fourth-order valence-corrected chi connectivity index (χ4v) is 3.79. The Morgan fingerprint density at radius 1 is 0.971 bits per heavy atom. The number of ether oxygens (including phenoxy) is 2. The zero-order valence-corrected chi connectivity index (χ0v) is 19.5. The number of nitro groups is 1. The second-order valence-corrected chi connectivity index (χ2v) is 8.01. The van der Waals surface area contributed by atoms with Crippen LogP contribution in [0.25, 0.3) is 0 Å². The van der Waals surface area contributed by atoms with E-state index in [0.29, 0.717) is 51.3 Å². The highest BCUT2D eigenvalue weighted by Gasteiger charge is 2.22. The zero-order chi connectivity index (χ0) is 24.5. The number of nitrogens with one attached hydrogen (secondary N) is 1. The van der Waals surface area contributed by atoms with Crippen LogP contribution < -0.4 is 14.8 Å². The van der Waals surface area contributed by atoms with Crippen molar-refractivity contribution in [2.24, 2.45) is 0 Å². The van der Waals surface area contributed by atoms with Crippen LogP contribution in [0, 0.1) is 10.1 Å². The predicted octanol–water partition coefficient (Wildman–Crippen LogP) is 2.72. The Hall–Kier alpha value is -3.66. The summed E-state index contributed by atoms with van der Waals surface area (Å²) >= 11 is 0. The van der Waals surface area contributed by atoms with Crippen molar-refractivity contribution in [3.05, 3.63) is 58.1 Å². The van der Waals surface area contributed by atoms with Gasteiger partial charge in [0.15, 0.2) is 0 Å². The normalized spacial score (nSPS) is 13.9. The number of aryl methyl sites for hydroxylation is 1. The second-order valence-electron chi connectivity index (χ2n) is 8.01. The minimum atomic E-state index is -0.553. The van der Waals surface area contributed by atoms with Crippen LogP contribution in [0.3, 0.4) is 0 Å². The molecule has 0 bridgehead atoms. The number of amides is 2. The van der Waals surface area contributed by atoms with Crippen LogP contribution in [0.15, 0.2) is 42.5 Å². The predicted molar refractivity (Wildman–Crippen MR) is 127 cm³/mol. The Labute approximate surface area is 198 Å². The van der Waals surface area contributed by atoms with Crippen LogP contribution in [0.2, 0.25) is 0 Å². The zero-order valence-electron chi connectivity index (χ0n) is 19.5. The summed E-state index contributed by atoms with van der Waals surface area (Å²) in [4.78, 5) is 39.6.